The summed E-state index contributed by atoms with van der Waals surface area (Å²) in [6, 6.07) is 10.4. The van der Waals surface area contributed by atoms with Gasteiger partial charge in [-0.05, 0) is 44.6 Å². The van der Waals surface area contributed by atoms with Crippen LogP contribution in [-0.4, -0.2) is 0 Å². The average molecular weight is 254 g/mol. The van der Waals surface area contributed by atoms with Crippen LogP contribution in [0.5, 0.6) is 0 Å². The van der Waals surface area contributed by atoms with Crippen LogP contribution < -0.4 is 0 Å². The maximum atomic E-state index is 2.33. The molecule has 102 valence electrons. The van der Waals surface area contributed by atoms with Crippen molar-refractivity contribution in [2.75, 3.05) is 0 Å². The van der Waals surface area contributed by atoms with E-state index in [4.69, 9.17) is 0 Å². The van der Waals surface area contributed by atoms with Crippen molar-refractivity contribution < 1.29 is 0 Å². The van der Waals surface area contributed by atoms with E-state index in [0.717, 1.165) is 12.3 Å². The minimum Gasteiger partial charge on any atom is -0.0859 e. The van der Waals surface area contributed by atoms with Gasteiger partial charge in [-0.3, -0.25) is 0 Å². The van der Waals surface area contributed by atoms with Gasteiger partial charge in [-0.25, -0.2) is 0 Å². The Hall–Kier alpha value is -1.56. The lowest BCUT2D eigenvalue weighted by Crippen LogP contribution is -1.91. The molecule has 0 spiro atoms. The van der Waals surface area contributed by atoms with Crippen LogP contribution in [0.1, 0.15) is 45.6 Å². The van der Waals surface area contributed by atoms with Crippen LogP contribution in [0.4, 0.5) is 0 Å². The predicted octanol–water partition coefficient (Wildman–Crippen LogP) is 6.03. The van der Waals surface area contributed by atoms with E-state index in [0.29, 0.717) is 0 Å². The van der Waals surface area contributed by atoms with Crippen molar-refractivity contribution in [2.24, 2.45) is 5.92 Å². The van der Waals surface area contributed by atoms with E-state index in [1.54, 1.807) is 0 Å². The number of hydrogen-bond donors (Lipinski definition) is 0. The lowest BCUT2D eigenvalue weighted by atomic mass is 10.0. The first-order chi connectivity index (χ1) is 9.18. The first kappa shape index (κ1) is 15.5. The third kappa shape index (κ3) is 8.20. The maximum absolute atomic E-state index is 2.33. The summed E-state index contributed by atoms with van der Waals surface area (Å²) in [5.41, 5.74) is 2.68. The highest BCUT2D eigenvalue weighted by Crippen LogP contribution is 2.12. The molecule has 1 atom stereocenters. The lowest BCUT2D eigenvalue weighted by molar-refractivity contribution is 0.546. The molecule has 0 bridgehead atoms. The second kappa shape index (κ2) is 9.38. The fourth-order valence-corrected chi connectivity index (χ4v) is 1.89. The normalized spacial score (nSPS) is 13.0. The zero-order valence-electron chi connectivity index (χ0n) is 12.5. The quantitative estimate of drug-likeness (QED) is 0.412. The Balaban J connectivity index is 2.23. The van der Waals surface area contributed by atoms with Gasteiger partial charge in [0.15, 0.2) is 0 Å². The molecule has 1 aromatic rings. The first-order valence-electron chi connectivity index (χ1n) is 7.20. The molecule has 0 heteroatoms. The van der Waals surface area contributed by atoms with Crippen molar-refractivity contribution in [1.82, 2.24) is 0 Å². The van der Waals surface area contributed by atoms with E-state index < -0.39 is 0 Å². The van der Waals surface area contributed by atoms with Crippen LogP contribution in [0.3, 0.4) is 0 Å². The van der Waals surface area contributed by atoms with Crippen LogP contribution in [0.2, 0.25) is 0 Å². The maximum Gasteiger partial charge on any atom is -0.0257 e. The van der Waals surface area contributed by atoms with Crippen LogP contribution in [0.25, 0.3) is 6.08 Å². The topological polar surface area (TPSA) is 0 Å². The van der Waals surface area contributed by atoms with Crippen LogP contribution in [0.15, 0.2) is 60.2 Å². The summed E-state index contributed by atoms with van der Waals surface area (Å²) >= 11 is 0. The molecular formula is C19H26. The minimum atomic E-state index is 0.761. The molecule has 0 aliphatic rings. The summed E-state index contributed by atoms with van der Waals surface area (Å²) < 4.78 is 0. The van der Waals surface area contributed by atoms with Gasteiger partial charge in [-0.1, -0.05) is 73.2 Å². The monoisotopic (exact) mass is 254 g/mol. The summed E-state index contributed by atoms with van der Waals surface area (Å²) in [5.74, 6) is 0.761. The van der Waals surface area contributed by atoms with Crippen molar-refractivity contribution in [1.29, 1.82) is 0 Å². The molecule has 1 aromatic carbocycles. The minimum absolute atomic E-state index is 0.761. The second-order valence-electron chi connectivity index (χ2n) is 5.40. The Morgan fingerprint density at radius 3 is 2.53 bits per heavy atom. The summed E-state index contributed by atoms with van der Waals surface area (Å²) in [6.45, 7) is 6.65. The Morgan fingerprint density at radius 1 is 1.11 bits per heavy atom. The third-order valence-electron chi connectivity index (χ3n) is 3.09. The standard InChI is InChI=1S/C19H26/c1-17(2)11-10-13-18(3)12-6-4-7-14-19-15-8-5-9-16-19/h4-9,11,14-16,18H,10,12-13H2,1-3H3/b6-4+,14-7+. The van der Waals surface area contributed by atoms with Crippen LogP contribution in [0, 0.1) is 5.92 Å². The van der Waals surface area contributed by atoms with Crippen molar-refractivity contribution in [3.05, 3.63) is 65.8 Å². The van der Waals surface area contributed by atoms with Gasteiger partial charge in [0.25, 0.3) is 0 Å². The highest BCUT2D eigenvalue weighted by Gasteiger charge is 1.97. The zero-order valence-corrected chi connectivity index (χ0v) is 12.5. The first-order valence-corrected chi connectivity index (χ1v) is 7.20. The number of allylic oxidation sites excluding steroid dienone is 5. The van der Waals surface area contributed by atoms with E-state index >= 15 is 0 Å². The molecule has 0 aliphatic heterocycles. The molecule has 0 fully saturated rings. The van der Waals surface area contributed by atoms with Gasteiger partial charge in [0.1, 0.15) is 0 Å². The van der Waals surface area contributed by atoms with Crippen LogP contribution in [-0.2, 0) is 0 Å². The molecule has 1 rings (SSSR count). The van der Waals surface area contributed by atoms with Gasteiger partial charge in [0.2, 0.25) is 0 Å². The molecule has 0 saturated carbocycles. The summed E-state index contributed by atoms with van der Waals surface area (Å²) in [5, 5.41) is 0. The van der Waals surface area contributed by atoms with E-state index in [1.165, 1.54) is 24.0 Å². The fourth-order valence-electron chi connectivity index (χ4n) is 1.89. The van der Waals surface area contributed by atoms with Crippen molar-refractivity contribution in [2.45, 2.75) is 40.0 Å². The smallest absolute Gasteiger partial charge is 0.0257 e. The van der Waals surface area contributed by atoms with E-state index in [9.17, 15) is 0 Å². The Kier molecular flexibility index (Phi) is 7.65. The number of rotatable bonds is 7. The zero-order chi connectivity index (χ0) is 13.9. The molecular weight excluding hydrogens is 228 g/mol. The molecule has 0 N–H and O–H groups in total. The highest BCUT2D eigenvalue weighted by atomic mass is 14.0. The van der Waals surface area contributed by atoms with Gasteiger partial charge >= 0.3 is 0 Å². The van der Waals surface area contributed by atoms with Gasteiger partial charge in [-0.2, -0.15) is 0 Å². The van der Waals surface area contributed by atoms with E-state index in [1.807, 2.05) is 6.07 Å². The van der Waals surface area contributed by atoms with Gasteiger partial charge in [-0.15, -0.1) is 0 Å². The van der Waals surface area contributed by atoms with Crippen molar-refractivity contribution in [3.8, 4) is 0 Å². The SMILES string of the molecule is CC(C)=CCCC(C)C/C=C/C=C/c1ccccc1. The van der Waals surface area contributed by atoms with Crippen molar-refractivity contribution in [3.63, 3.8) is 0 Å². The highest BCUT2D eigenvalue weighted by molar-refractivity contribution is 5.50. The van der Waals surface area contributed by atoms with E-state index in [-0.39, 0.29) is 0 Å². The molecule has 1 unspecified atom stereocenters. The molecule has 0 amide bonds. The lowest BCUT2D eigenvalue weighted by Gasteiger charge is -2.05. The molecule has 0 nitrogen and oxygen atoms in total. The third-order valence-corrected chi connectivity index (χ3v) is 3.09. The Labute approximate surface area is 118 Å². The van der Waals surface area contributed by atoms with E-state index in [2.05, 4.69) is 75.4 Å². The molecule has 0 aliphatic carbocycles. The fraction of sp³-hybridized carbons (Fsp3) is 0.368. The predicted molar refractivity (Wildman–Crippen MR) is 87.1 cm³/mol. The van der Waals surface area contributed by atoms with Crippen LogP contribution >= 0.6 is 0 Å². The molecule has 0 heterocycles. The summed E-state index contributed by atoms with van der Waals surface area (Å²) in [6.07, 6.45) is 14.7. The largest absolute Gasteiger partial charge is 0.0859 e. The van der Waals surface area contributed by atoms with Crippen molar-refractivity contribution >= 4 is 6.08 Å². The summed E-state index contributed by atoms with van der Waals surface area (Å²) in [4.78, 5) is 0. The number of benzene rings is 1. The Morgan fingerprint density at radius 2 is 1.84 bits per heavy atom. The van der Waals surface area contributed by atoms with Gasteiger partial charge in [0.05, 0.1) is 0 Å². The van der Waals surface area contributed by atoms with Gasteiger partial charge < -0.3 is 0 Å². The second-order valence-corrected chi connectivity index (χ2v) is 5.40. The molecule has 19 heavy (non-hydrogen) atoms. The molecule has 0 aromatic heterocycles. The summed E-state index contributed by atoms with van der Waals surface area (Å²) in [7, 11) is 0. The average Bonchev–Trinajstić information content (AvgIpc) is 2.39. The van der Waals surface area contributed by atoms with Gasteiger partial charge in [0, 0.05) is 0 Å². The Bertz CT molecular complexity index is 417. The number of hydrogen-bond acceptors (Lipinski definition) is 0. The molecule has 0 radical (unpaired) electrons. The molecule has 0 saturated heterocycles.